The van der Waals surface area contributed by atoms with Gasteiger partial charge >= 0.3 is 0 Å². The molecule has 2 N–H and O–H groups in total. The number of nitrogens with two attached hydrogens (primary N) is 1. The number of hydrogen-bond acceptors (Lipinski definition) is 7. The highest BCUT2D eigenvalue weighted by atomic mass is 16.5. The number of primary amides is 1. The van der Waals surface area contributed by atoms with Gasteiger partial charge in [0.15, 0.2) is 5.69 Å². The van der Waals surface area contributed by atoms with Crippen LogP contribution in [0.4, 0.5) is 5.82 Å². The number of ether oxygens (including phenoxy) is 2. The standard InChI is InChI=1S/C24H27N5O4/c1-5-22(30)29-10-6-7-17(15-29)28(2)21-14-26-23(24(25)31)20(27-21)9-8-16-11-18(32-3)13-19(12-16)33-4/h5,11-14,17H,1,6-7,10,15H2,2-4H3,(H2,25,31). The highest BCUT2D eigenvalue weighted by molar-refractivity contribution is 5.93. The predicted molar refractivity (Wildman–Crippen MR) is 124 cm³/mol. The van der Waals surface area contributed by atoms with E-state index in [4.69, 9.17) is 15.2 Å². The number of carbonyl (C=O) groups is 2. The molecule has 33 heavy (non-hydrogen) atoms. The summed E-state index contributed by atoms with van der Waals surface area (Å²) in [6.45, 7) is 4.81. The first-order valence-electron chi connectivity index (χ1n) is 10.4. The molecule has 2 aromatic rings. The van der Waals surface area contributed by atoms with Crippen LogP contribution in [0.15, 0.2) is 37.1 Å². The molecular formula is C24H27N5O4. The SMILES string of the molecule is C=CC(=O)N1CCCC(N(C)c2cnc(C(N)=O)c(C#Cc3cc(OC)cc(OC)c3)n2)C1. The molecule has 0 saturated carbocycles. The van der Waals surface area contributed by atoms with E-state index in [1.807, 2.05) is 11.9 Å². The van der Waals surface area contributed by atoms with Crippen LogP contribution in [0.25, 0.3) is 0 Å². The molecule has 172 valence electrons. The Morgan fingerprint density at radius 2 is 1.94 bits per heavy atom. The third kappa shape index (κ3) is 5.60. The largest absolute Gasteiger partial charge is 0.497 e. The first-order valence-corrected chi connectivity index (χ1v) is 10.4. The quantitative estimate of drug-likeness (QED) is 0.527. The number of methoxy groups -OCH3 is 2. The van der Waals surface area contributed by atoms with Crippen molar-refractivity contribution in [3.8, 4) is 23.3 Å². The van der Waals surface area contributed by atoms with E-state index in [9.17, 15) is 9.59 Å². The van der Waals surface area contributed by atoms with Crippen LogP contribution in [-0.2, 0) is 4.79 Å². The maximum Gasteiger partial charge on any atom is 0.270 e. The van der Waals surface area contributed by atoms with Crippen molar-refractivity contribution in [1.29, 1.82) is 0 Å². The fraction of sp³-hybridized carbons (Fsp3) is 0.333. The molecule has 1 aliphatic heterocycles. The minimum absolute atomic E-state index is 0.0124. The van der Waals surface area contributed by atoms with Gasteiger partial charge in [-0.15, -0.1) is 0 Å². The van der Waals surface area contributed by atoms with Crippen molar-refractivity contribution in [2.75, 3.05) is 39.3 Å². The molecule has 1 aliphatic rings. The molecule has 0 bridgehead atoms. The van der Waals surface area contributed by atoms with E-state index in [0.29, 0.717) is 36.0 Å². The highest BCUT2D eigenvalue weighted by Crippen LogP contribution is 2.23. The predicted octanol–water partition coefficient (Wildman–Crippen LogP) is 1.61. The van der Waals surface area contributed by atoms with Crippen molar-refractivity contribution in [3.05, 3.63) is 54.0 Å². The Kier molecular flexibility index (Phi) is 7.51. The van der Waals surface area contributed by atoms with Gasteiger partial charge in [-0.1, -0.05) is 12.5 Å². The number of rotatable bonds is 6. The summed E-state index contributed by atoms with van der Waals surface area (Å²) < 4.78 is 10.5. The number of aromatic nitrogens is 2. The van der Waals surface area contributed by atoms with Gasteiger partial charge < -0.3 is 25.0 Å². The molecule has 3 rings (SSSR count). The van der Waals surface area contributed by atoms with Crippen LogP contribution >= 0.6 is 0 Å². The second-order valence-electron chi connectivity index (χ2n) is 7.54. The number of piperidine rings is 1. The number of carbonyl (C=O) groups excluding carboxylic acids is 2. The molecule has 1 fully saturated rings. The van der Waals surface area contributed by atoms with Gasteiger partial charge in [0.25, 0.3) is 5.91 Å². The topological polar surface area (TPSA) is 111 Å². The highest BCUT2D eigenvalue weighted by Gasteiger charge is 2.26. The molecule has 2 amide bonds. The van der Waals surface area contributed by atoms with E-state index in [0.717, 1.165) is 12.8 Å². The normalized spacial score (nSPS) is 15.1. The Morgan fingerprint density at radius 1 is 1.24 bits per heavy atom. The molecule has 1 unspecified atom stereocenters. The fourth-order valence-electron chi connectivity index (χ4n) is 3.62. The maximum absolute atomic E-state index is 12.0. The van der Waals surface area contributed by atoms with Crippen LogP contribution in [0.5, 0.6) is 11.5 Å². The second kappa shape index (κ2) is 10.5. The smallest absolute Gasteiger partial charge is 0.270 e. The van der Waals surface area contributed by atoms with Gasteiger partial charge in [-0.3, -0.25) is 9.59 Å². The van der Waals surface area contributed by atoms with Crippen molar-refractivity contribution >= 4 is 17.6 Å². The number of hydrogen-bond donors (Lipinski definition) is 1. The van der Waals surface area contributed by atoms with Crippen molar-refractivity contribution in [2.24, 2.45) is 5.73 Å². The minimum Gasteiger partial charge on any atom is -0.497 e. The van der Waals surface area contributed by atoms with Gasteiger partial charge in [0.2, 0.25) is 5.91 Å². The Balaban J connectivity index is 1.92. The summed E-state index contributed by atoms with van der Waals surface area (Å²) in [4.78, 5) is 36.4. The van der Waals surface area contributed by atoms with Crippen molar-refractivity contribution < 1.29 is 19.1 Å². The van der Waals surface area contributed by atoms with E-state index in [2.05, 4.69) is 28.4 Å². The third-order valence-corrected chi connectivity index (χ3v) is 5.46. The average Bonchev–Trinajstić information content (AvgIpc) is 2.85. The van der Waals surface area contributed by atoms with Gasteiger partial charge in [-0.05, 0) is 37.0 Å². The van der Waals surface area contributed by atoms with Crippen LogP contribution in [0.3, 0.4) is 0 Å². The molecule has 0 spiro atoms. The summed E-state index contributed by atoms with van der Waals surface area (Å²) in [5.41, 5.74) is 6.27. The van der Waals surface area contributed by atoms with Crippen molar-refractivity contribution in [1.82, 2.24) is 14.9 Å². The zero-order valence-corrected chi connectivity index (χ0v) is 19.0. The van der Waals surface area contributed by atoms with Crippen molar-refractivity contribution in [2.45, 2.75) is 18.9 Å². The third-order valence-electron chi connectivity index (χ3n) is 5.46. The molecule has 0 aliphatic carbocycles. The Morgan fingerprint density at radius 3 is 2.55 bits per heavy atom. The van der Waals surface area contributed by atoms with Gasteiger partial charge in [0.1, 0.15) is 23.0 Å². The molecule has 1 atom stereocenters. The van der Waals surface area contributed by atoms with Gasteiger partial charge in [-0.2, -0.15) is 0 Å². The summed E-state index contributed by atoms with van der Waals surface area (Å²) >= 11 is 0. The van der Waals surface area contributed by atoms with Crippen LogP contribution in [0.2, 0.25) is 0 Å². The Bertz CT molecular complexity index is 1100. The van der Waals surface area contributed by atoms with Crippen LogP contribution < -0.4 is 20.1 Å². The molecule has 9 heteroatoms. The summed E-state index contributed by atoms with van der Waals surface area (Å²) in [6, 6.07) is 5.27. The zero-order chi connectivity index (χ0) is 24.0. The Labute approximate surface area is 193 Å². The number of anilines is 1. The van der Waals surface area contributed by atoms with E-state index >= 15 is 0 Å². The molecule has 9 nitrogen and oxygen atoms in total. The maximum atomic E-state index is 12.0. The second-order valence-corrected chi connectivity index (χ2v) is 7.54. The number of amides is 2. The molecule has 1 aromatic carbocycles. The van der Waals surface area contributed by atoms with Crippen LogP contribution in [0, 0.1) is 11.8 Å². The van der Waals surface area contributed by atoms with E-state index in [1.165, 1.54) is 12.3 Å². The molecule has 1 saturated heterocycles. The monoisotopic (exact) mass is 449 g/mol. The molecule has 1 aromatic heterocycles. The van der Waals surface area contributed by atoms with E-state index in [-0.39, 0.29) is 23.3 Å². The molecule has 2 heterocycles. The molecule has 0 radical (unpaired) electrons. The zero-order valence-electron chi connectivity index (χ0n) is 19.0. The lowest BCUT2D eigenvalue weighted by Crippen LogP contribution is -2.48. The summed E-state index contributed by atoms with van der Waals surface area (Å²) in [5, 5.41) is 0. The lowest BCUT2D eigenvalue weighted by atomic mass is 10.0. The first-order chi connectivity index (χ1) is 15.9. The number of likely N-dealkylation sites (N-methyl/N-ethyl adjacent to an activating group) is 1. The minimum atomic E-state index is -0.718. The number of nitrogens with zero attached hydrogens (tertiary/aromatic N) is 4. The number of likely N-dealkylation sites (tertiary alicyclic amines) is 1. The van der Waals surface area contributed by atoms with Gasteiger partial charge in [-0.25, -0.2) is 9.97 Å². The molecular weight excluding hydrogens is 422 g/mol. The van der Waals surface area contributed by atoms with Crippen LogP contribution in [-0.4, -0.2) is 67.1 Å². The fourth-order valence-corrected chi connectivity index (χ4v) is 3.62. The summed E-state index contributed by atoms with van der Waals surface area (Å²) in [6.07, 6.45) is 4.58. The first kappa shape index (κ1) is 23.6. The van der Waals surface area contributed by atoms with Crippen LogP contribution in [0.1, 0.15) is 34.6 Å². The lowest BCUT2D eigenvalue weighted by Gasteiger charge is -2.37. The van der Waals surface area contributed by atoms with E-state index < -0.39 is 5.91 Å². The van der Waals surface area contributed by atoms with E-state index in [1.54, 1.807) is 37.3 Å². The Hall–Kier alpha value is -4.06. The van der Waals surface area contributed by atoms with Gasteiger partial charge in [0.05, 0.1) is 20.4 Å². The van der Waals surface area contributed by atoms with Crippen molar-refractivity contribution in [3.63, 3.8) is 0 Å². The lowest BCUT2D eigenvalue weighted by molar-refractivity contribution is -0.127. The average molecular weight is 450 g/mol. The summed E-state index contributed by atoms with van der Waals surface area (Å²) in [5.74, 6) is 6.78. The van der Waals surface area contributed by atoms with Gasteiger partial charge in [0, 0.05) is 37.8 Å². The number of benzene rings is 1. The summed E-state index contributed by atoms with van der Waals surface area (Å²) in [7, 11) is 4.98.